The summed E-state index contributed by atoms with van der Waals surface area (Å²) in [6.45, 7) is 5.91. The molecular formula is C18H24N4O2. The van der Waals surface area contributed by atoms with Crippen molar-refractivity contribution < 1.29 is 9.53 Å². The Bertz CT molecular complexity index is 644. The predicted molar refractivity (Wildman–Crippen MR) is 92.2 cm³/mol. The van der Waals surface area contributed by atoms with E-state index >= 15 is 0 Å². The van der Waals surface area contributed by atoms with E-state index in [-0.39, 0.29) is 18.2 Å². The topological polar surface area (TPSA) is 59.4 Å². The number of nitrogens with one attached hydrogen (secondary N) is 1. The van der Waals surface area contributed by atoms with Crippen molar-refractivity contribution in [2.45, 2.75) is 32.5 Å². The monoisotopic (exact) mass is 328 g/mol. The summed E-state index contributed by atoms with van der Waals surface area (Å²) >= 11 is 0. The van der Waals surface area contributed by atoms with Gasteiger partial charge in [0.2, 0.25) is 0 Å². The van der Waals surface area contributed by atoms with Gasteiger partial charge in [-0.25, -0.2) is 9.48 Å². The maximum atomic E-state index is 12.2. The number of hydrogen-bond donors (Lipinski definition) is 1. The van der Waals surface area contributed by atoms with Gasteiger partial charge in [0.05, 0.1) is 17.9 Å². The number of morpholine rings is 1. The van der Waals surface area contributed by atoms with E-state index < -0.39 is 0 Å². The molecule has 0 radical (unpaired) electrons. The van der Waals surface area contributed by atoms with E-state index in [2.05, 4.69) is 22.5 Å². The van der Waals surface area contributed by atoms with Crippen molar-refractivity contribution in [3.63, 3.8) is 0 Å². The molecule has 0 aliphatic carbocycles. The molecule has 1 N–H and O–H groups in total. The van der Waals surface area contributed by atoms with Crippen molar-refractivity contribution in [3.05, 3.63) is 48.3 Å². The van der Waals surface area contributed by atoms with Gasteiger partial charge in [-0.05, 0) is 44.0 Å². The highest BCUT2D eigenvalue weighted by Gasteiger charge is 2.25. The highest BCUT2D eigenvalue weighted by atomic mass is 16.5. The van der Waals surface area contributed by atoms with Crippen LogP contribution in [0.15, 0.2) is 42.7 Å². The van der Waals surface area contributed by atoms with Crippen LogP contribution < -0.4 is 5.32 Å². The number of nitrogens with zero attached hydrogens (tertiary/aromatic N) is 3. The third kappa shape index (κ3) is 4.14. The number of carbonyl (C=O) groups excluding carboxylic acids is 1. The second-order valence-electron chi connectivity index (χ2n) is 6.26. The molecule has 6 heteroatoms. The number of rotatable bonds is 4. The normalized spacial score (nSPS) is 20.8. The number of benzene rings is 1. The van der Waals surface area contributed by atoms with Crippen molar-refractivity contribution in [2.24, 2.45) is 0 Å². The standard InChI is InChI=1S/C18H24N4O2/c1-14-12-21(13-15(2)24-14)18(23)19-10-8-16-4-6-17(7-5-16)22-11-3-9-20-22/h3-7,9,11,14-15H,8,10,12-13H2,1-2H3,(H,19,23). The molecule has 2 unspecified atom stereocenters. The minimum absolute atomic E-state index is 0.00911. The molecule has 6 nitrogen and oxygen atoms in total. The molecule has 2 amide bonds. The van der Waals surface area contributed by atoms with Crippen LogP contribution in [0, 0.1) is 0 Å². The fraction of sp³-hybridized carbons (Fsp3) is 0.444. The average molecular weight is 328 g/mol. The van der Waals surface area contributed by atoms with Crippen LogP contribution in [-0.4, -0.2) is 52.6 Å². The molecule has 1 aliphatic heterocycles. The largest absolute Gasteiger partial charge is 0.372 e. The van der Waals surface area contributed by atoms with Gasteiger partial charge in [-0.2, -0.15) is 5.10 Å². The maximum Gasteiger partial charge on any atom is 0.317 e. The summed E-state index contributed by atoms with van der Waals surface area (Å²) in [6, 6.07) is 10.1. The highest BCUT2D eigenvalue weighted by molar-refractivity contribution is 5.74. The molecule has 0 saturated carbocycles. The summed E-state index contributed by atoms with van der Waals surface area (Å²) in [5.41, 5.74) is 2.22. The first-order chi connectivity index (χ1) is 11.6. The number of aromatic nitrogens is 2. The lowest BCUT2D eigenvalue weighted by Gasteiger charge is -2.35. The zero-order chi connectivity index (χ0) is 16.9. The van der Waals surface area contributed by atoms with Crippen LogP contribution in [0.4, 0.5) is 4.79 Å². The predicted octanol–water partition coefficient (Wildman–Crippen LogP) is 2.23. The molecule has 2 aromatic rings. The Morgan fingerprint density at radius 3 is 2.58 bits per heavy atom. The molecule has 3 rings (SSSR count). The first kappa shape index (κ1) is 16.5. The molecule has 2 atom stereocenters. The van der Waals surface area contributed by atoms with Crippen LogP contribution >= 0.6 is 0 Å². The van der Waals surface area contributed by atoms with E-state index in [1.165, 1.54) is 5.56 Å². The smallest absolute Gasteiger partial charge is 0.317 e. The van der Waals surface area contributed by atoms with Crippen molar-refractivity contribution in [2.75, 3.05) is 19.6 Å². The second kappa shape index (κ2) is 7.49. The van der Waals surface area contributed by atoms with Crippen LogP contribution in [0.5, 0.6) is 0 Å². The van der Waals surface area contributed by atoms with Gasteiger partial charge in [0.1, 0.15) is 0 Å². The van der Waals surface area contributed by atoms with Crippen LogP contribution in [0.1, 0.15) is 19.4 Å². The summed E-state index contributed by atoms with van der Waals surface area (Å²) in [6.07, 6.45) is 4.67. The van der Waals surface area contributed by atoms with E-state index in [4.69, 9.17) is 4.74 Å². The number of urea groups is 1. The Morgan fingerprint density at radius 2 is 1.96 bits per heavy atom. The molecule has 128 valence electrons. The number of hydrogen-bond acceptors (Lipinski definition) is 3. The van der Waals surface area contributed by atoms with Gasteiger partial charge in [-0.15, -0.1) is 0 Å². The van der Waals surface area contributed by atoms with Crippen molar-refractivity contribution >= 4 is 6.03 Å². The van der Waals surface area contributed by atoms with Gasteiger partial charge in [0.15, 0.2) is 0 Å². The van der Waals surface area contributed by atoms with Crippen LogP contribution in [0.3, 0.4) is 0 Å². The average Bonchev–Trinajstić information content (AvgIpc) is 3.09. The van der Waals surface area contributed by atoms with Crippen LogP contribution in [-0.2, 0) is 11.2 Å². The Morgan fingerprint density at radius 1 is 1.25 bits per heavy atom. The minimum Gasteiger partial charge on any atom is -0.372 e. The summed E-state index contributed by atoms with van der Waals surface area (Å²) < 4.78 is 7.48. The van der Waals surface area contributed by atoms with Crippen LogP contribution in [0.25, 0.3) is 5.69 Å². The van der Waals surface area contributed by atoms with Crippen LogP contribution in [0.2, 0.25) is 0 Å². The minimum atomic E-state index is -0.00911. The van der Waals surface area contributed by atoms with Gasteiger partial charge in [0.25, 0.3) is 0 Å². The molecule has 0 spiro atoms. The van der Waals surface area contributed by atoms with Gasteiger partial charge in [-0.3, -0.25) is 0 Å². The Kier molecular flexibility index (Phi) is 5.15. The summed E-state index contributed by atoms with van der Waals surface area (Å²) in [5, 5.41) is 7.21. The molecule has 2 heterocycles. The van der Waals surface area contributed by atoms with Crippen molar-refractivity contribution in [1.82, 2.24) is 20.0 Å². The second-order valence-corrected chi connectivity index (χ2v) is 6.26. The van der Waals surface area contributed by atoms with Gasteiger partial charge < -0.3 is 15.0 Å². The summed E-state index contributed by atoms with van der Waals surface area (Å²) in [7, 11) is 0. The lowest BCUT2D eigenvalue weighted by Crippen LogP contribution is -2.51. The van der Waals surface area contributed by atoms with Crippen molar-refractivity contribution in [3.8, 4) is 5.69 Å². The summed E-state index contributed by atoms with van der Waals surface area (Å²) in [5.74, 6) is 0. The van der Waals surface area contributed by atoms with Gasteiger partial charge in [0, 0.05) is 32.0 Å². The molecule has 1 aromatic heterocycles. The van der Waals surface area contributed by atoms with E-state index in [9.17, 15) is 4.79 Å². The molecule has 0 bridgehead atoms. The number of ether oxygens (including phenoxy) is 1. The van der Waals surface area contributed by atoms with Gasteiger partial charge in [-0.1, -0.05) is 12.1 Å². The first-order valence-corrected chi connectivity index (χ1v) is 8.39. The molecule has 1 saturated heterocycles. The molecule has 24 heavy (non-hydrogen) atoms. The molecule has 1 fully saturated rings. The molecule has 1 aliphatic rings. The molecular weight excluding hydrogens is 304 g/mol. The van der Waals surface area contributed by atoms with E-state index in [1.54, 1.807) is 6.20 Å². The fourth-order valence-corrected chi connectivity index (χ4v) is 3.01. The fourth-order valence-electron chi connectivity index (χ4n) is 3.01. The van der Waals surface area contributed by atoms with E-state index in [1.807, 2.05) is 47.8 Å². The first-order valence-electron chi connectivity index (χ1n) is 8.39. The Balaban J connectivity index is 1.47. The zero-order valence-corrected chi connectivity index (χ0v) is 14.2. The summed E-state index contributed by atoms with van der Waals surface area (Å²) in [4.78, 5) is 14.1. The number of amides is 2. The van der Waals surface area contributed by atoms with E-state index in [0.29, 0.717) is 19.6 Å². The third-order valence-electron chi connectivity index (χ3n) is 4.10. The maximum absolute atomic E-state index is 12.2. The Hall–Kier alpha value is -2.34. The zero-order valence-electron chi connectivity index (χ0n) is 14.2. The Labute approximate surface area is 142 Å². The SMILES string of the molecule is CC1CN(C(=O)NCCc2ccc(-n3cccn3)cc2)CC(C)O1. The van der Waals surface area contributed by atoms with Crippen molar-refractivity contribution in [1.29, 1.82) is 0 Å². The lowest BCUT2D eigenvalue weighted by molar-refractivity contribution is -0.0544. The number of carbonyl (C=O) groups is 1. The molecule has 1 aromatic carbocycles. The highest BCUT2D eigenvalue weighted by Crippen LogP contribution is 2.11. The quantitative estimate of drug-likeness (QED) is 0.936. The third-order valence-corrected chi connectivity index (χ3v) is 4.10. The lowest BCUT2D eigenvalue weighted by atomic mass is 10.1. The van der Waals surface area contributed by atoms with E-state index in [0.717, 1.165) is 12.1 Å². The van der Waals surface area contributed by atoms with Gasteiger partial charge >= 0.3 is 6.03 Å².